The van der Waals surface area contributed by atoms with Gasteiger partial charge in [-0.1, -0.05) is 48.5 Å². The summed E-state index contributed by atoms with van der Waals surface area (Å²) in [5, 5.41) is 2.75. The van der Waals surface area contributed by atoms with Crippen molar-refractivity contribution in [3.8, 4) is 0 Å². The number of hydrogen-bond acceptors (Lipinski definition) is 4. The molecule has 110 valence electrons. The minimum Gasteiger partial charge on any atom is -0.359 e. The summed E-state index contributed by atoms with van der Waals surface area (Å²) in [5.41, 5.74) is 5.76. The van der Waals surface area contributed by atoms with Gasteiger partial charge in [0.05, 0.1) is 0 Å². The number of amides is 1. The fraction of sp³-hybridized carbons (Fsp3) is 0.188. The molecule has 1 atom stereocenters. The van der Waals surface area contributed by atoms with Gasteiger partial charge in [-0.2, -0.15) is 0 Å². The van der Waals surface area contributed by atoms with Gasteiger partial charge in [-0.05, 0) is 12.1 Å². The van der Waals surface area contributed by atoms with E-state index < -0.39 is 11.6 Å². The maximum absolute atomic E-state index is 12.5. The summed E-state index contributed by atoms with van der Waals surface area (Å²) in [6.07, 6.45) is 0. The summed E-state index contributed by atoms with van der Waals surface area (Å²) in [6, 6.07) is 18.0. The Morgan fingerprint density at radius 1 is 1.10 bits per heavy atom. The normalized spacial score (nSPS) is 13.4. The standard InChI is InChI=1S/C16H18N2O3/c1-20-12-21-16(17,13-8-4-2-5-9-13)15(19)18-14-10-6-3-7-11-14/h2-11H,12,17H2,1H3,(H,18,19)/t16-/m0/s1. The molecular formula is C16H18N2O3. The van der Waals surface area contributed by atoms with Crippen molar-refractivity contribution in [3.63, 3.8) is 0 Å². The Morgan fingerprint density at radius 3 is 2.24 bits per heavy atom. The van der Waals surface area contributed by atoms with E-state index in [1.54, 1.807) is 36.4 Å². The van der Waals surface area contributed by atoms with E-state index in [9.17, 15) is 4.79 Å². The lowest BCUT2D eigenvalue weighted by molar-refractivity contribution is -0.161. The molecule has 0 saturated carbocycles. The van der Waals surface area contributed by atoms with Crippen molar-refractivity contribution >= 4 is 11.6 Å². The number of nitrogens with two attached hydrogens (primary N) is 1. The number of para-hydroxylation sites is 1. The molecule has 21 heavy (non-hydrogen) atoms. The Balaban J connectivity index is 2.25. The third kappa shape index (κ3) is 3.66. The van der Waals surface area contributed by atoms with Crippen LogP contribution < -0.4 is 11.1 Å². The molecule has 0 spiro atoms. The van der Waals surface area contributed by atoms with E-state index in [1.807, 2.05) is 24.3 Å². The highest BCUT2D eigenvalue weighted by Crippen LogP contribution is 2.22. The average Bonchev–Trinajstić information content (AvgIpc) is 2.54. The second-order valence-corrected chi connectivity index (χ2v) is 4.47. The largest absolute Gasteiger partial charge is 0.359 e. The van der Waals surface area contributed by atoms with Crippen LogP contribution in [0.5, 0.6) is 0 Å². The average molecular weight is 286 g/mol. The molecule has 0 unspecified atom stereocenters. The SMILES string of the molecule is COCO[C@](N)(C(=O)Nc1ccccc1)c1ccccc1. The summed E-state index contributed by atoms with van der Waals surface area (Å²) in [5.74, 6) is -0.461. The van der Waals surface area contributed by atoms with Crippen molar-refractivity contribution in [1.82, 2.24) is 0 Å². The first-order chi connectivity index (χ1) is 10.2. The van der Waals surface area contributed by atoms with Crippen molar-refractivity contribution in [2.24, 2.45) is 5.73 Å². The second kappa shape index (κ2) is 6.99. The van der Waals surface area contributed by atoms with Crippen LogP contribution in [0, 0.1) is 0 Å². The lowest BCUT2D eigenvalue weighted by Gasteiger charge is -2.28. The highest BCUT2D eigenvalue weighted by atomic mass is 16.7. The van der Waals surface area contributed by atoms with Crippen LogP contribution >= 0.6 is 0 Å². The molecule has 2 aromatic rings. The van der Waals surface area contributed by atoms with E-state index in [0.29, 0.717) is 11.3 Å². The number of rotatable bonds is 6. The van der Waals surface area contributed by atoms with Gasteiger partial charge in [-0.25, -0.2) is 0 Å². The molecule has 0 bridgehead atoms. The van der Waals surface area contributed by atoms with Gasteiger partial charge >= 0.3 is 0 Å². The van der Waals surface area contributed by atoms with Crippen molar-refractivity contribution in [2.75, 3.05) is 19.2 Å². The summed E-state index contributed by atoms with van der Waals surface area (Å²) >= 11 is 0. The number of carbonyl (C=O) groups is 1. The highest BCUT2D eigenvalue weighted by Gasteiger charge is 2.37. The number of benzene rings is 2. The third-order valence-corrected chi connectivity index (χ3v) is 2.98. The van der Waals surface area contributed by atoms with Crippen molar-refractivity contribution in [2.45, 2.75) is 5.72 Å². The quantitative estimate of drug-likeness (QED) is 0.797. The lowest BCUT2D eigenvalue weighted by Crippen LogP contribution is -2.51. The zero-order valence-electron chi connectivity index (χ0n) is 11.8. The fourth-order valence-corrected chi connectivity index (χ4v) is 1.86. The van der Waals surface area contributed by atoms with E-state index in [1.165, 1.54) is 7.11 Å². The minimum absolute atomic E-state index is 0.0897. The summed E-state index contributed by atoms with van der Waals surface area (Å²) < 4.78 is 10.3. The lowest BCUT2D eigenvalue weighted by atomic mass is 10.0. The molecule has 2 aromatic carbocycles. The number of nitrogens with one attached hydrogen (secondary N) is 1. The number of methoxy groups -OCH3 is 1. The summed E-state index contributed by atoms with van der Waals surface area (Å²) in [4.78, 5) is 12.5. The topological polar surface area (TPSA) is 73.6 Å². The molecule has 0 heterocycles. The van der Waals surface area contributed by atoms with Crippen LogP contribution in [0.25, 0.3) is 0 Å². The molecule has 0 fully saturated rings. The van der Waals surface area contributed by atoms with Gasteiger partial charge in [0.25, 0.3) is 5.91 Å². The van der Waals surface area contributed by atoms with E-state index in [-0.39, 0.29) is 6.79 Å². The van der Waals surface area contributed by atoms with Gasteiger partial charge in [0.15, 0.2) is 0 Å². The van der Waals surface area contributed by atoms with Gasteiger partial charge in [-0.3, -0.25) is 10.5 Å². The van der Waals surface area contributed by atoms with Gasteiger partial charge in [0.2, 0.25) is 5.72 Å². The Bertz CT molecular complexity index is 575. The summed E-state index contributed by atoms with van der Waals surface area (Å²) in [7, 11) is 1.47. The van der Waals surface area contributed by atoms with Gasteiger partial charge in [0.1, 0.15) is 6.79 Å². The zero-order chi connectivity index (χ0) is 15.1. The van der Waals surface area contributed by atoms with Crippen LogP contribution in [0.4, 0.5) is 5.69 Å². The van der Waals surface area contributed by atoms with Crippen LogP contribution in [-0.2, 0) is 20.0 Å². The maximum atomic E-state index is 12.5. The van der Waals surface area contributed by atoms with Gasteiger partial charge < -0.3 is 14.8 Å². The van der Waals surface area contributed by atoms with E-state index >= 15 is 0 Å². The van der Waals surface area contributed by atoms with Crippen LogP contribution in [0.15, 0.2) is 60.7 Å². The van der Waals surface area contributed by atoms with Gasteiger partial charge in [-0.15, -0.1) is 0 Å². The van der Waals surface area contributed by atoms with E-state index in [2.05, 4.69) is 5.32 Å². The summed E-state index contributed by atoms with van der Waals surface area (Å²) in [6.45, 7) is -0.0897. The van der Waals surface area contributed by atoms with Crippen molar-refractivity contribution < 1.29 is 14.3 Å². The Morgan fingerprint density at radius 2 is 1.67 bits per heavy atom. The minimum atomic E-state index is -1.62. The second-order valence-electron chi connectivity index (χ2n) is 4.47. The highest BCUT2D eigenvalue weighted by molar-refractivity contribution is 5.97. The molecule has 1 amide bonds. The molecule has 0 aliphatic heterocycles. The number of carbonyl (C=O) groups excluding carboxylic acids is 1. The van der Waals surface area contributed by atoms with Crippen LogP contribution in [0.2, 0.25) is 0 Å². The molecule has 0 aromatic heterocycles. The molecule has 5 nitrogen and oxygen atoms in total. The first kappa shape index (κ1) is 15.2. The molecule has 0 saturated heterocycles. The van der Waals surface area contributed by atoms with Crippen LogP contribution in [0.1, 0.15) is 5.56 Å². The zero-order valence-corrected chi connectivity index (χ0v) is 11.8. The fourth-order valence-electron chi connectivity index (χ4n) is 1.86. The molecular weight excluding hydrogens is 268 g/mol. The van der Waals surface area contributed by atoms with E-state index in [4.69, 9.17) is 15.2 Å². The maximum Gasteiger partial charge on any atom is 0.276 e. The monoisotopic (exact) mass is 286 g/mol. The first-order valence-corrected chi connectivity index (χ1v) is 6.50. The molecule has 0 aliphatic rings. The number of hydrogen-bond donors (Lipinski definition) is 2. The van der Waals surface area contributed by atoms with E-state index in [0.717, 1.165) is 0 Å². The predicted octanol–water partition coefficient (Wildman–Crippen LogP) is 2.06. The molecule has 0 radical (unpaired) electrons. The van der Waals surface area contributed by atoms with Crippen molar-refractivity contribution in [1.29, 1.82) is 0 Å². The Hall–Kier alpha value is -2.21. The molecule has 5 heteroatoms. The van der Waals surface area contributed by atoms with Gasteiger partial charge in [0, 0.05) is 18.4 Å². The molecule has 2 rings (SSSR count). The molecule has 3 N–H and O–H groups in total. The van der Waals surface area contributed by atoms with Crippen LogP contribution in [0.3, 0.4) is 0 Å². The van der Waals surface area contributed by atoms with Crippen molar-refractivity contribution in [3.05, 3.63) is 66.2 Å². The number of ether oxygens (including phenoxy) is 2. The first-order valence-electron chi connectivity index (χ1n) is 6.50. The number of anilines is 1. The Kier molecular flexibility index (Phi) is 5.05. The Labute approximate surface area is 123 Å². The third-order valence-electron chi connectivity index (χ3n) is 2.98. The van der Waals surface area contributed by atoms with Crippen LogP contribution in [-0.4, -0.2) is 19.8 Å². The molecule has 0 aliphatic carbocycles. The predicted molar refractivity (Wildman–Crippen MR) is 80.3 cm³/mol. The smallest absolute Gasteiger partial charge is 0.276 e.